The lowest BCUT2D eigenvalue weighted by Gasteiger charge is -2.11. The molecule has 0 spiro atoms. The van der Waals surface area contributed by atoms with Crippen molar-refractivity contribution in [1.82, 2.24) is 4.98 Å². The molecule has 2 aromatic rings. The number of carbonyl (C=O) groups excluding carboxylic acids is 2. The molecule has 0 fully saturated rings. The molecule has 0 aliphatic heterocycles. The van der Waals surface area contributed by atoms with Crippen molar-refractivity contribution in [3.63, 3.8) is 0 Å². The fourth-order valence-electron chi connectivity index (χ4n) is 1.99. The molecule has 1 aromatic carbocycles. The van der Waals surface area contributed by atoms with E-state index in [1.165, 1.54) is 0 Å². The standard InChI is InChI=1S/C14H9NO2/c1-8-6-12-10(14(17)13(8)16)7-9-4-2-3-5-11(9)15-12/h2-7H,1H3. The number of hydrogen-bond acceptors (Lipinski definition) is 3. The minimum absolute atomic E-state index is 0.402. The van der Waals surface area contributed by atoms with Gasteiger partial charge < -0.3 is 0 Å². The van der Waals surface area contributed by atoms with Crippen molar-refractivity contribution in [2.45, 2.75) is 6.92 Å². The van der Waals surface area contributed by atoms with Crippen molar-refractivity contribution in [3.05, 3.63) is 47.2 Å². The second-order valence-corrected chi connectivity index (χ2v) is 4.10. The molecule has 0 bridgehead atoms. The number of aromatic nitrogens is 1. The van der Waals surface area contributed by atoms with Crippen LogP contribution < -0.4 is 0 Å². The lowest BCUT2D eigenvalue weighted by Crippen LogP contribution is -2.20. The molecule has 3 rings (SSSR count). The number of carbonyl (C=O) groups is 2. The Hall–Kier alpha value is -2.29. The number of nitrogens with zero attached hydrogens (tertiary/aromatic N) is 1. The summed E-state index contributed by atoms with van der Waals surface area (Å²) >= 11 is 0. The van der Waals surface area contributed by atoms with Crippen LogP contribution in [0.5, 0.6) is 0 Å². The number of para-hydroxylation sites is 1. The van der Waals surface area contributed by atoms with E-state index in [0.717, 1.165) is 10.9 Å². The van der Waals surface area contributed by atoms with Gasteiger partial charge in [0.25, 0.3) is 0 Å². The van der Waals surface area contributed by atoms with Gasteiger partial charge in [0.15, 0.2) is 0 Å². The van der Waals surface area contributed by atoms with Gasteiger partial charge in [0.1, 0.15) is 0 Å². The molecule has 17 heavy (non-hydrogen) atoms. The molecule has 0 saturated carbocycles. The van der Waals surface area contributed by atoms with Gasteiger partial charge >= 0.3 is 0 Å². The highest BCUT2D eigenvalue weighted by molar-refractivity contribution is 6.51. The molecular formula is C14H9NO2. The van der Waals surface area contributed by atoms with E-state index in [1.54, 1.807) is 19.1 Å². The first-order valence-corrected chi connectivity index (χ1v) is 5.34. The smallest absolute Gasteiger partial charge is 0.235 e. The van der Waals surface area contributed by atoms with E-state index in [2.05, 4.69) is 4.98 Å². The van der Waals surface area contributed by atoms with E-state index in [4.69, 9.17) is 0 Å². The Balaban J connectivity index is 2.37. The summed E-state index contributed by atoms with van der Waals surface area (Å²) in [5, 5.41) is 0.875. The molecule has 3 nitrogen and oxygen atoms in total. The molecule has 82 valence electrons. The zero-order chi connectivity index (χ0) is 12.0. The Kier molecular flexibility index (Phi) is 1.95. The highest BCUT2D eigenvalue weighted by Gasteiger charge is 2.26. The Bertz CT molecular complexity index is 698. The van der Waals surface area contributed by atoms with Crippen LogP contribution in [0.4, 0.5) is 0 Å². The van der Waals surface area contributed by atoms with Crippen molar-refractivity contribution in [2.75, 3.05) is 0 Å². The minimum Gasteiger partial charge on any atom is -0.285 e. The highest BCUT2D eigenvalue weighted by Crippen LogP contribution is 2.23. The number of allylic oxidation sites excluding steroid dienone is 1. The summed E-state index contributed by atoms with van der Waals surface area (Å²) in [6.07, 6.45) is 1.67. The maximum Gasteiger partial charge on any atom is 0.235 e. The van der Waals surface area contributed by atoms with Crippen molar-refractivity contribution in [1.29, 1.82) is 0 Å². The number of ketones is 2. The van der Waals surface area contributed by atoms with E-state index >= 15 is 0 Å². The van der Waals surface area contributed by atoms with Gasteiger partial charge in [-0.1, -0.05) is 18.2 Å². The van der Waals surface area contributed by atoms with Crippen LogP contribution >= 0.6 is 0 Å². The molecule has 1 aliphatic rings. The summed E-state index contributed by atoms with van der Waals surface area (Å²) < 4.78 is 0. The molecular weight excluding hydrogens is 214 g/mol. The molecule has 3 heteroatoms. The molecule has 0 atom stereocenters. The van der Waals surface area contributed by atoms with Crippen LogP contribution in [-0.2, 0) is 4.79 Å². The lowest BCUT2D eigenvalue weighted by molar-refractivity contribution is -0.111. The Morgan fingerprint density at radius 3 is 2.65 bits per heavy atom. The topological polar surface area (TPSA) is 47.0 Å². The zero-order valence-corrected chi connectivity index (χ0v) is 9.23. The molecule has 0 radical (unpaired) electrons. The van der Waals surface area contributed by atoms with Gasteiger partial charge in [-0.15, -0.1) is 0 Å². The third-order valence-electron chi connectivity index (χ3n) is 2.92. The average Bonchev–Trinajstić information content (AvgIpc) is 2.34. The molecule has 0 unspecified atom stereocenters. The van der Waals surface area contributed by atoms with Crippen LogP contribution in [0.25, 0.3) is 17.0 Å². The first-order chi connectivity index (χ1) is 8.16. The van der Waals surface area contributed by atoms with Gasteiger partial charge in [-0.2, -0.15) is 0 Å². The number of pyridine rings is 1. The molecule has 0 amide bonds. The molecule has 1 heterocycles. The summed E-state index contributed by atoms with van der Waals surface area (Å²) in [7, 11) is 0. The van der Waals surface area contributed by atoms with E-state index in [0.29, 0.717) is 16.8 Å². The Morgan fingerprint density at radius 2 is 1.82 bits per heavy atom. The third-order valence-corrected chi connectivity index (χ3v) is 2.92. The van der Waals surface area contributed by atoms with Crippen molar-refractivity contribution >= 4 is 28.5 Å². The first-order valence-electron chi connectivity index (χ1n) is 5.34. The lowest BCUT2D eigenvalue weighted by atomic mass is 9.93. The number of rotatable bonds is 0. The van der Waals surface area contributed by atoms with Crippen LogP contribution in [0.15, 0.2) is 35.9 Å². The number of Topliss-reactive ketones (excluding diaryl/α,β-unsaturated/α-hetero) is 2. The number of benzene rings is 1. The Morgan fingerprint density at radius 1 is 1.06 bits per heavy atom. The van der Waals surface area contributed by atoms with Crippen LogP contribution in [0, 0.1) is 0 Å². The summed E-state index contributed by atoms with van der Waals surface area (Å²) in [5.41, 5.74) is 2.27. The van der Waals surface area contributed by atoms with Crippen molar-refractivity contribution < 1.29 is 9.59 Å². The van der Waals surface area contributed by atoms with E-state index in [9.17, 15) is 9.59 Å². The van der Waals surface area contributed by atoms with Crippen LogP contribution in [-0.4, -0.2) is 16.6 Å². The summed E-state index contributed by atoms with van der Waals surface area (Å²) in [6.45, 7) is 1.64. The molecule has 1 aromatic heterocycles. The van der Waals surface area contributed by atoms with Gasteiger partial charge in [0.2, 0.25) is 11.6 Å². The zero-order valence-electron chi connectivity index (χ0n) is 9.23. The van der Waals surface area contributed by atoms with Crippen LogP contribution in [0.2, 0.25) is 0 Å². The maximum atomic E-state index is 11.8. The minimum atomic E-state index is -0.460. The maximum absolute atomic E-state index is 11.8. The van der Waals surface area contributed by atoms with Crippen molar-refractivity contribution in [3.8, 4) is 0 Å². The molecule has 0 N–H and O–H groups in total. The summed E-state index contributed by atoms with van der Waals surface area (Å²) in [5.74, 6) is -0.896. The van der Waals surface area contributed by atoms with Gasteiger partial charge in [-0.05, 0) is 25.1 Å². The largest absolute Gasteiger partial charge is 0.285 e. The van der Waals surface area contributed by atoms with E-state index < -0.39 is 11.6 Å². The van der Waals surface area contributed by atoms with Crippen LogP contribution in [0.3, 0.4) is 0 Å². The monoisotopic (exact) mass is 223 g/mol. The van der Waals surface area contributed by atoms with Gasteiger partial charge in [0, 0.05) is 11.0 Å². The second kappa shape index (κ2) is 3.35. The fraction of sp³-hybridized carbons (Fsp3) is 0.0714. The normalized spacial score (nSPS) is 14.8. The highest BCUT2D eigenvalue weighted by atomic mass is 16.2. The first kappa shape index (κ1) is 9.90. The van der Waals surface area contributed by atoms with Gasteiger partial charge in [0.05, 0.1) is 16.8 Å². The van der Waals surface area contributed by atoms with Gasteiger partial charge in [-0.3, -0.25) is 9.59 Å². The SMILES string of the molecule is CC1=Cc2nc3ccccc3cc2C(=O)C1=O. The molecule has 0 saturated heterocycles. The quantitative estimate of drug-likeness (QED) is 0.644. The van der Waals surface area contributed by atoms with Crippen molar-refractivity contribution in [2.24, 2.45) is 0 Å². The number of hydrogen-bond donors (Lipinski definition) is 0. The van der Waals surface area contributed by atoms with E-state index in [-0.39, 0.29) is 0 Å². The second-order valence-electron chi connectivity index (χ2n) is 4.10. The van der Waals surface area contributed by atoms with Gasteiger partial charge in [-0.25, -0.2) is 4.98 Å². The number of fused-ring (bicyclic) bond motifs is 2. The average molecular weight is 223 g/mol. The van der Waals surface area contributed by atoms with E-state index in [1.807, 2.05) is 24.3 Å². The third kappa shape index (κ3) is 1.40. The predicted octanol–water partition coefficient (Wildman–Crippen LogP) is 2.40. The fourth-order valence-corrected chi connectivity index (χ4v) is 1.99. The summed E-state index contributed by atoms with van der Waals surface area (Å²) in [4.78, 5) is 27.8. The summed E-state index contributed by atoms with van der Waals surface area (Å²) in [6, 6.07) is 9.28. The predicted molar refractivity (Wildman–Crippen MR) is 64.7 cm³/mol. The molecule has 1 aliphatic carbocycles. The Labute approximate surface area is 97.8 Å². The van der Waals surface area contributed by atoms with Crippen LogP contribution in [0.1, 0.15) is 23.0 Å².